The molecule has 0 bridgehead atoms. The van der Waals surface area contributed by atoms with Gasteiger partial charge in [0.25, 0.3) is 5.91 Å². The molecule has 0 N–H and O–H groups in total. The second-order valence-electron chi connectivity index (χ2n) is 6.99. The van der Waals surface area contributed by atoms with E-state index in [0.717, 1.165) is 28.9 Å². The topological polar surface area (TPSA) is 29.5 Å². The molecule has 1 amide bonds. The van der Waals surface area contributed by atoms with Gasteiger partial charge in [-0.15, -0.1) is 0 Å². The Balaban J connectivity index is 1.78. The number of methoxy groups -OCH3 is 1. The van der Waals surface area contributed by atoms with Crippen LogP contribution in [0.4, 0.5) is 0 Å². The summed E-state index contributed by atoms with van der Waals surface area (Å²) in [6.07, 6.45) is 0.827. The number of hydrogen-bond donors (Lipinski definition) is 0. The summed E-state index contributed by atoms with van der Waals surface area (Å²) in [5.74, 6) is 0.934. The fourth-order valence-corrected chi connectivity index (χ4v) is 3.81. The Morgan fingerprint density at radius 3 is 2.44 bits per heavy atom. The quantitative estimate of drug-likeness (QED) is 0.674. The monoisotopic (exact) mass is 357 g/mol. The second kappa shape index (κ2) is 7.28. The molecule has 0 radical (unpaired) electrons. The first-order valence-corrected chi connectivity index (χ1v) is 9.27. The molecule has 0 saturated heterocycles. The van der Waals surface area contributed by atoms with E-state index in [-0.39, 0.29) is 11.9 Å². The minimum atomic E-state index is -0.0883. The van der Waals surface area contributed by atoms with Crippen LogP contribution >= 0.6 is 0 Å². The lowest BCUT2D eigenvalue weighted by Crippen LogP contribution is -2.40. The lowest BCUT2D eigenvalue weighted by Gasteiger charge is -2.38. The molecule has 0 saturated carbocycles. The van der Waals surface area contributed by atoms with Gasteiger partial charge in [0.2, 0.25) is 0 Å². The highest BCUT2D eigenvalue weighted by molar-refractivity contribution is 5.95. The highest BCUT2D eigenvalue weighted by Gasteiger charge is 2.32. The smallest absolute Gasteiger partial charge is 0.254 e. The van der Waals surface area contributed by atoms with Gasteiger partial charge in [-0.05, 0) is 54.3 Å². The van der Waals surface area contributed by atoms with E-state index in [1.54, 1.807) is 7.11 Å². The molecule has 136 valence electrons. The van der Waals surface area contributed by atoms with E-state index in [4.69, 9.17) is 4.74 Å². The normalized spacial score (nSPS) is 15.9. The molecule has 3 aromatic rings. The number of hydrogen-bond acceptors (Lipinski definition) is 2. The average Bonchev–Trinajstić information content (AvgIpc) is 2.73. The van der Waals surface area contributed by atoms with Crippen molar-refractivity contribution < 1.29 is 9.53 Å². The molecule has 0 spiro atoms. The van der Waals surface area contributed by atoms with Crippen molar-refractivity contribution in [2.45, 2.75) is 19.4 Å². The molecular formula is C24H23NO2. The van der Waals surface area contributed by atoms with Crippen LogP contribution in [-0.2, 0) is 6.42 Å². The molecule has 1 aliphatic heterocycles. The fourth-order valence-electron chi connectivity index (χ4n) is 3.81. The molecule has 0 aromatic heterocycles. The van der Waals surface area contributed by atoms with E-state index >= 15 is 0 Å². The molecule has 3 nitrogen and oxygen atoms in total. The zero-order valence-corrected chi connectivity index (χ0v) is 15.7. The van der Waals surface area contributed by atoms with Gasteiger partial charge in [0.15, 0.2) is 0 Å². The van der Waals surface area contributed by atoms with Crippen molar-refractivity contribution in [3.63, 3.8) is 0 Å². The average molecular weight is 357 g/mol. The van der Waals surface area contributed by atoms with Gasteiger partial charge < -0.3 is 9.64 Å². The Kier molecular flexibility index (Phi) is 4.68. The summed E-state index contributed by atoms with van der Waals surface area (Å²) in [5.41, 5.74) is 5.44. The van der Waals surface area contributed by atoms with Crippen molar-refractivity contribution in [3.05, 3.63) is 101 Å². The van der Waals surface area contributed by atoms with E-state index in [9.17, 15) is 4.79 Å². The summed E-state index contributed by atoms with van der Waals surface area (Å²) in [7, 11) is 1.69. The third kappa shape index (κ3) is 3.33. The van der Waals surface area contributed by atoms with Crippen LogP contribution in [0, 0.1) is 6.92 Å². The number of fused-ring (bicyclic) bond motifs is 1. The molecule has 1 heterocycles. The lowest BCUT2D eigenvalue weighted by molar-refractivity contribution is 0.0694. The van der Waals surface area contributed by atoms with Crippen LogP contribution in [0.5, 0.6) is 5.75 Å². The Bertz CT molecular complexity index is 948. The maximum absolute atomic E-state index is 13.3. The number of rotatable bonds is 3. The van der Waals surface area contributed by atoms with Crippen LogP contribution in [0.3, 0.4) is 0 Å². The van der Waals surface area contributed by atoms with Gasteiger partial charge in [0, 0.05) is 12.1 Å². The second-order valence-corrected chi connectivity index (χ2v) is 6.99. The number of carbonyl (C=O) groups excluding carboxylic acids is 1. The summed E-state index contributed by atoms with van der Waals surface area (Å²) in [6.45, 7) is 2.72. The standard InChI is InChI=1S/C24H23NO2/c1-17-8-10-19(11-9-17)24(26)25-15-14-20-16-21(27-2)12-13-22(20)23(25)18-6-4-3-5-7-18/h3-13,16,23H,14-15H2,1-2H3. The van der Waals surface area contributed by atoms with Gasteiger partial charge >= 0.3 is 0 Å². The van der Waals surface area contributed by atoms with Crippen molar-refractivity contribution in [3.8, 4) is 5.75 Å². The summed E-state index contributed by atoms with van der Waals surface area (Å²) < 4.78 is 5.40. The SMILES string of the molecule is COc1ccc2c(c1)CCN(C(=O)c1ccc(C)cc1)C2c1ccccc1. The number of benzene rings is 3. The number of ether oxygens (including phenoxy) is 1. The number of nitrogens with zero attached hydrogens (tertiary/aromatic N) is 1. The maximum Gasteiger partial charge on any atom is 0.254 e. The molecule has 1 unspecified atom stereocenters. The van der Waals surface area contributed by atoms with E-state index in [2.05, 4.69) is 24.3 Å². The largest absolute Gasteiger partial charge is 0.497 e. The van der Waals surface area contributed by atoms with Gasteiger partial charge in [-0.1, -0.05) is 54.1 Å². The minimum absolute atomic E-state index is 0.0744. The van der Waals surface area contributed by atoms with Gasteiger partial charge in [0.05, 0.1) is 13.2 Å². The number of aryl methyl sites for hydroxylation is 1. The summed E-state index contributed by atoms with van der Waals surface area (Å²) in [4.78, 5) is 15.3. The molecular weight excluding hydrogens is 334 g/mol. The Morgan fingerprint density at radius 1 is 1.00 bits per heavy atom. The Labute approximate surface area is 160 Å². The molecule has 27 heavy (non-hydrogen) atoms. The van der Waals surface area contributed by atoms with Gasteiger partial charge in [0.1, 0.15) is 5.75 Å². The van der Waals surface area contributed by atoms with Crippen molar-refractivity contribution in [1.82, 2.24) is 4.90 Å². The van der Waals surface area contributed by atoms with Crippen LogP contribution in [0.2, 0.25) is 0 Å². The zero-order chi connectivity index (χ0) is 18.8. The molecule has 3 aromatic carbocycles. The number of amides is 1. The van der Waals surface area contributed by atoms with Crippen molar-refractivity contribution in [1.29, 1.82) is 0 Å². The first-order chi connectivity index (χ1) is 13.2. The van der Waals surface area contributed by atoms with Crippen LogP contribution in [0.1, 0.15) is 38.7 Å². The third-order valence-electron chi connectivity index (χ3n) is 5.25. The van der Waals surface area contributed by atoms with Crippen molar-refractivity contribution >= 4 is 5.91 Å². The lowest BCUT2D eigenvalue weighted by atomic mass is 9.87. The van der Waals surface area contributed by atoms with Crippen molar-refractivity contribution in [2.75, 3.05) is 13.7 Å². The van der Waals surface area contributed by atoms with Gasteiger partial charge in [-0.25, -0.2) is 0 Å². The van der Waals surface area contributed by atoms with E-state index in [1.807, 2.05) is 60.4 Å². The summed E-state index contributed by atoms with van der Waals surface area (Å²) in [5, 5.41) is 0. The molecule has 4 rings (SSSR count). The highest BCUT2D eigenvalue weighted by atomic mass is 16.5. The highest BCUT2D eigenvalue weighted by Crippen LogP contribution is 2.37. The molecule has 0 aliphatic carbocycles. The third-order valence-corrected chi connectivity index (χ3v) is 5.25. The summed E-state index contributed by atoms with van der Waals surface area (Å²) in [6, 6.07) is 24.2. The molecule has 1 aliphatic rings. The van der Waals surface area contributed by atoms with Crippen LogP contribution in [-0.4, -0.2) is 24.5 Å². The molecule has 3 heteroatoms. The van der Waals surface area contributed by atoms with Crippen LogP contribution < -0.4 is 4.74 Å². The first kappa shape index (κ1) is 17.3. The maximum atomic E-state index is 13.3. The first-order valence-electron chi connectivity index (χ1n) is 9.27. The fraction of sp³-hybridized carbons (Fsp3) is 0.208. The molecule has 1 atom stereocenters. The van der Waals surface area contributed by atoms with E-state index < -0.39 is 0 Å². The Morgan fingerprint density at radius 2 is 1.74 bits per heavy atom. The predicted molar refractivity (Wildman–Crippen MR) is 107 cm³/mol. The van der Waals surface area contributed by atoms with Crippen LogP contribution in [0.15, 0.2) is 72.8 Å². The number of carbonyl (C=O) groups is 1. The zero-order valence-electron chi connectivity index (χ0n) is 15.7. The minimum Gasteiger partial charge on any atom is -0.497 e. The Hall–Kier alpha value is -3.07. The van der Waals surface area contributed by atoms with Gasteiger partial charge in [-0.3, -0.25) is 4.79 Å². The van der Waals surface area contributed by atoms with Crippen molar-refractivity contribution in [2.24, 2.45) is 0 Å². The summed E-state index contributed by atoms with van der Waals surface area (Å²) >= 11 is 0. The van der Waals surface area contributed by atoms with Gasteiger partial charge in [-0.2, -0.15) is 0 Å². The van der Waals surface area contributed by atoms with Crippen LogP contribution in [0.25, 0.3) is 0 Å². The predicted octanol–water partition coefficient (Wildman–Crippen LogP) is 4.79. The molecule has 0 fully saturated rings. The van der Waals surface area contributed by atoms with E-state index in [1.165, 1.54) is 11.1 Å². The van der Waals surface area contributed by atoms with E-state index in [0.29, 0.717) is 6.54 Å².